The monoisotopic (exact) mass is 343 g/mol. The van der Waals surface area contributed by atoms with Gasteiger partial charge in [-0.2, -0.15) is 0 Å². The predicted octanol–water partition coefficient (Wildman–Crippen LogP) is 2.57. The second-order valence-corrected chi connectivity index (χ2v) is 6.65. The summed E-state index contributed by atoms with van der Waals surface area (Å²) in [4.78, 5) is 6.64. The summed E-state index contributed by atoms with van der Waals surface area (Å²) in [7, 11) is 0. The summed E-state index contributed by atoms with van der Waals surface area (Å²) < 4.78 is 1.93. The SMILES string of the molecule is Cc1nnc2c(N3CCC(O)(c4ccc(Cl)cc4)CC3)nccn12. The van der Waals surface area contributed by atoms with Crippen molar-refractivity contribution in [3.8, 4) is 0 Å². The number of halogens is 1. The Kier molecular flexibility index (Phi) is 3.66. The number of aryl methyl sites for hydroxylation is 1. The van der Waals surface area contributed by atoms with Crippen molar-refractivity contribution in [1.82, 2.24) is 19.6 Å². The van der Waals surface area contributed by atoms with E-state index in [1.54, 1.807) is 6.20 Å². The topological polar surface area (TPSA) is 66.5 Å². The van der Waals surface area contributed by atoms with Crippen molar-refractivity contribution in [2.24, 2.45) is 0 Å². The summed E-state index contributed by atoms with van der Waals surface area (Å²) in [5, 5.41) is 20.0. The molecular formula is C17H18ClN5O. The maximum Gasteiger partial charge on any atom is 0.203 e. The minimum absolute atomic E-state index is 0.629. The zero-order valence-corrected chi connectivity index (χ0v) is 14.1. The fraction of sp³-hybridized carbons (Fsp3) is 0.353. The molecule has 7 heteroatoms. The molecule has 0 aliphatic carbocycles. The van der Waals surface area contributed by atoms with Crippen LogP contribution in [0.25, 0.3) is 5.65 Å². The van der Waals surface area contributed by atoms with E-state index in [9.17, 15) is 5.11 Å². The third kappa shape index (κ3) is 2.52. The summed E-state index contributed by atoms with van der Waals surface area (Å²) in [6.45, 7) is 3.33. The number of fused-ring (bicyclic) bond motifs is 1. The molecular weight excluding hydrogens is 326 g/mol. The lowest BCUT2D eigenvalue weighted by molar-refractivity contribution is 0.0117. The van der Waals surface area contributed by atoms with Crippen LogP contribution in [0.15, 0.2) is 36.7 Å². The fourth-order valence-electron chi connectivity index (χ4n) is 3.29. The lowest BCUT2D eigenvalue weighted by atomic mass is 9.84. The first kappa shape index (κ1) is 15.4. The lowest BCUT2D eigenvalue weighted by Crippen LogP contribution is -2.43. The van der Waals surface area contributed by atoms with E-state index in [2.05, 4.69) is 20.1 Å². The Bertz CT molecular complexity index is 868. The summed E-state index contributed by atoms with van der Waals surface area (Å²) in [5.74, 6) is 1.65. The van der Waals surface area contributed by atoms with Crippen LogP contribution in [0.5, 0.6) is 0 Å². The molecule has 0 atom stereocenters. The standard InChI is InChI=1S/C17H18ClN5O/c1-12-20-21-16-15(19-8-11-23(12)16)22-9-6-17(24,7-10-22)13-2-4-14(18)5-3-13/h2-5,8,11,24H,6-7,9-10H2,1H3. The van der Waals surface area contributed by atoms with Crippen LogP contribution in [0.2, 0.25) is 5.02 Å². The number of nitrogens with zero attached hydrogens (tertiary/aromatic N) is 5. The van der Waals surface area contributed by atoms with Gasteiger partial charge in [-0.25, -0.2) is 4.98 Å². The Morgan fingerprint density at radius 3 is 2.54 bits per heavy atom. The van der Waals surface area contributed by atoms with E-state index in [-0.39, 0.29) is 0 Å². The molecule has 0 bridgehead atoms. The first-order valence-electron chi connectivity index (χ1n) is 7.96. The number of hydrogen-bond donors (Lipinski definition) is 1. The zero-order chi connectivity index (χ0) is 16.7. The van der Waals surface area contributed by atoms with Gasteiger partial charge in [-0.1, -0.05) is 23.7 Å². The molecule has 6 nitrogen and oxygen atoms in total. The van der Waals surface area contributed by atoms with Gasteiger partial charge < -0.3 is 10.0 Å². The molecule has 1 fully saturated rings. The van der Waals surface area contributed by atoms with Crippen molar-refractivity contribution >= 4 is 23.1 Å². The molecule has 0 amide bonds. The molecule has 0 spiro atoms. The van der Waals surface area contributed by atoms with Gasteiger partial charge >= 0.3 is 0 Å². The fourth-order valence-corrected chi connectivity index (χ4v) is 3.41. The van der Waals surface area contributed by atoms with Crippen molar-refractivity contribution in [2.45, 2.75) is 25.4 Å². The number of hydrogen-bond acceptors (Lipinski definition) is 5. The number of anilines is 1. The second-order valence-electron chi connectivity index (χ2n) is 6.22. The third-order valence-electron chi connectivity index (χ3n) is 4.75. The van der Waals surface area contributed by atoms with E-state index in [1.165, 1.54) is 0 Å². The highest BCUT2D eigenvalue weighted by molar-refractivity contribution is 6.30. The van der Waals surface area contributed by atoms with Gasteiger partial charge in [-0.3, -0.25) is 4.40 Å². The van der Waals surface area contributed by atoms with E-state index in [4.69, 9.17) is 11.6 Å². The van der Waals surface area contributed by atoms with Crippen LogP contribution in [0.1, 0.15) is 24.2 Å². The van der Waals surface area contributed by atoms with E-state index in [0.717, 1.165) is 22.9 Å². The van der Waals surface area contributed by atoms with Gasteiger partial charge in [0, 0.05) is 30.5 Å². The molecule has 3 aromatic rings. The number of benzene rings is 1. The second kappa shape index (κ2) is 5.72. The minimum Gasteiger partial charge on any atom is -0.385 e. The maximum atomic E-state index is 11.0. The highest BCUT2D eigenvalue weighted by Crippen LogP contribution is 2.35. The number of aliphatic hydroxyl groups is 1. The van der Waals surface area contributed by atoms with E-state index in [1.807, 2.05) is 41.8 Å². The number of aromatic nitrogens is 4. The average molecular weight is 344 g/mol. The molecule has 1 aliphatic rings. The third-order valence-corrected chi connectivity index (χ3v) is 5.00. The molecule has 0 radical (unpaired) electrons. The minimum atomic E-state index is -0.824. The molecule has 1 N–H and O–H groups in total. The molecule has 1 saturated heterocycles. The van der Waals surface area contributed by atoms with Crippen molar-refractivity contribution in [2.75, 3.05) is 18.0 Å². The van der Waals surface area contributed by atoms with Gasteiger partial charge in [0.05, 0.1) is 5.60 Å². The van der Waals surface area contributed by atoms with Crippen LogP contribution in [0.4, 0.5) is 5.82 Å². The quantitative estimate of drug-likeness (QED) is 0.774. The molecule has 24 heavy (non-hydrogen) atoms. The number of piperidine rings is 1. The van der Waals surface area contributed by atoms with Crippen LogP contribution in [-0.4, -0.2) is 37.8 Å². The highest BCUT2D eigenvalue weighted by atomic mass is 35.5. The Morgan fingerprint density at radius 2 is 1.83 bits per heavy atom. The molecule has 1 aliphatic heterocycles. The Hall–Kier alpha value is -2.18. The highest BCUT2D eigenvalue weighted by Gasteiger charge is 2.35. The Balaban J connectivity index is 1.58. The molecule has 124 valence electrons. The molecule has 2 aromatic heterocycles. The summed E-state index contributed by atoms with van der Waals surface area (Å²) in [6.07, 6.45) is 4.88. The zero-order valence-electron chi connectivity index (χ0n) is 13.4. The normalized spacial score (nSPS) is 17.4. The molecule has 0 unspecified atom stereocenters. The summed E-state index contributed by atoms with van der Waals surface area (Å²) in [6, 6.07) is 7.45. The van der Waals surface area contributed by atoms with Crippen molar-refractivity contribution in [1.29, 1.82) is 0 Å². The van der Waals surface area contributed by atoms with Crippen molar-refractivity contribution < 1.29 is 5.11 Å². The van der Waals surface area contributed by atoms with Crippen LogP contribution < -0.4 is 4.90 Å². The van der Waals surface area contributed by atoms with Crippen LogP contribution >= 0.6 is 11.6 Å². The molecule has 3 heterocycles. The lowest BCUT2D eigenvalue weighted by Gasteiger charge is -2.39. The molecule has 0 saturated carbocycles. The maximum absolute atomic E-state index is 11.0. The summed E-state index contributed by atoms with van der Waals surface area (Å²) in [5.41, 5.74) is 0.846. The van der Waals surface area contributed by atoms with E-state index in [0.29, 0.717) is 31.0 Å². The predicted molar refractivity (Wildman–Crippen MR) is 92.3 cm³/mol. The average Bonchev–Trinajstić information content (AvgIpc) is 2.98. The van der Waals surface area contributed by atoms with E-state index < -0.39 is 5.60 Å². The van der Waals surface area contributed by atoms with Gasteiger partial charge in [0.2, 0.25) is 5.65 Å². The van der Waals surface area contributed by atoms with Gasteiger partial charge in [-0.05, 0) is 37.5 Å². The molecule has 4 rings (SSSR count). The Labute approximate surface area is 144 Å². The molecule has 1 aromatic carbocycles. The van der Waals surface area contributed by atoms with Crippen molar-refractivity contribution in [3.05, 3.63) is 53.1 Å². The van der Waals surface area contributed by atoms with Crippen LogP contribution in [0, 0.1) is 6.92 Å². The van der Waals surface area contributed by atoms with Crippen LogP contribution in [-0.2, 0) is 5.60 Å². The number of rotatable bonds is 2. The van der Waals surface area contributed by atoms with E-state index >= 15 is 0 Å². The van der Waals surface area contributed by atoms with Gasteiger partial charge in [-0.15, -0.1) is 10.2 Å². The van der Waals surface area contributed by atoms with Gasteiger partial charge in [0.25, 0.3) is 0 Å². The van der Waals surface area contributed by atoms with Gasteiger partial charge in [0.15, 0.2) is 5.82 Å². The largest absolute Gasteiger partial charge is 0.385 e. The first-order chi connectivity index (χ1) is 11.6. The summed E-state index contributed by atoms with van der Waals surface area (Å²) >= 11 is 5.94. The Morgan fingerprint density at radius 1 is 1.12 bits per heavy atom. The van der Waals surface area contributed by atoms with Crippen molar-refractivity contribution in [3.63, 3.8) is 0 Å². The van der Waals surface area contributed by atoms with Crippen LogP contribution in [0.3, 0.4) is 0 Å². The van der Waals surface area contributed by atoms with Gasteiger partial charge in [0.1, 0.15) is 5.82 Å². The smallest absolute Gasteiger partial charge is 0.203 e. The first-order valence-corrected chi connectivity index (χ1v) is 8.34.